The van der Waals surface area contributed by atoms with E-state index < -0.39 is 0 Å². The second-order valence-corrected chi connectivity index (χ2v) is 6.97. The normalized spacial score (nSPS) is 10.4. The number of rotatable bonds is 5. The summed E-state index contributed by atoms with van der Waals surface area (Å²) in [6.45, 7) is 0. The van der Waals surface area contributed by atoms with Gasteiger partial charge in [-0.1, -0.05) is 46.3 Å². The van der Waals surface area contributed by atoms with Crippen LogP contribution in [0.25, 0.3) is 0 Å². The van der Waals surface area contributed by atoms with Crippen LogP contribution in [0, 0.1) is 0 Å². The maximum absolute atomic E-state index is 12.6. The van der Waals surface area contributed by atoms with Gasteiger partial charge in [0.2, 0.25) is 0 Å². The van der Waals surface area contributed by atoms with Crippen molar-refractivity contribution in [3.8, 4) is 0 Å². The highest BCUT2D eigenvalue weighted by atomic mass is 79.9. The molecule has 1 N–H and O–H groups in total. The van der Waals surface area contributed by atoms with Crippen LogP contribution in [-0.2, 0) is 5.75 Å². The molecular weight excluding hydrogens is 384 g/mol. The molecule has 1 heterocycles. The Morgan fingerprint density at radius 2 is 1.75 bits per heavy atom. The minimum atomic E-state index is -0.152. The van der Waals surface area contributed by atoms with Crippen molar-refractivity contribution in [2.75, 3.05) is 5.32 Å². The van der Waals surface area contributed by atoms with E-state index in [4.69, 9.17) is 0 Å². The first-order chi connectivity index (χ1) is 11.7. The zero-order chi connectivity index (χ0) is 16.8. The minimum Gasteiger partial charge on any atom is -0.322 e. The maximum Gasteiger partial charge on any atom is 0.258 e. The number of benzene rings is 2. The van der Waals surface area contributed by atoms with Gasteiger partial charge in [0.15, 0.2) is 0 Å². The molecule has 0 fully saturated rings. The Kier molecular flexibility index (Phi) is 5.67. The number of nitrogens with zero attached hydrogens (tertiary/aromatic N) is 1. The molecule has 1 amide bonds. The lowest BCUT2D eigenvalue weighted by Crippen LogP contribution is -2.13. The van der Waals surface area contributed by atoms with Crippen LogP contribution in [0.2, 0.25) is 0 Å². The molecule has 3 rings (SSSR count). The van der Waals surface area contributed by atoms with Crippen molar-refractivity contribution >= 4 is 39.3 Å². The zero-order valence-electron chi connectivity index (χ0n) is 12.8. The summed E-state index contributed by atoms with van der Waals surface area (Å²) in [4.78, 5) is 16.9. The van der Waals surface area contributed by atoms with E-state index in [2.05, 4.69) is 38.4 Å². The van der Waals surface area contributed by atoms with Crippen molar-refractivity contribution in [3.63, 3.8) is 0 Å². The molecule has 0 unspecified atom stereocenters. The van der Waals surface area contributed by atoms with E-state index in [9.17, 15) is 4.79 Å². The number of aromatic nitrogens is 1. The van der Waals surface area contributed by atoms with Crippen molar-refractivity contribution in [2.24, 2.45) is 0 Å². The Morgan fingerprint density at radius 3 is 2.50 bits per heavy atom. The van der Waals surface area contributed by atoms with Crippen LogP contribution in [-0.4, -0.2) is 10.9 Å². The molecule has 3 aromatic rings. The fraction of sp³-hybridized carbons (Fsp3) is 0.0526. The molecule has 0 saturated carbocycles. The summed E-state index contributed by atoms with van der Waals surface area (Å²) in [5, 5.41) is 3.64. The molecule has 2 aromatic carbocycles. The van der Waals surface area contributed by atoms with Gasteiger partial charge in [-0.25, -0.2) is 4.98 Å². The number of thioether (sulfide) groups is 1. The lowest BCUT2D eigenvalue weighted by atomic mass is 10.2. The SMILES string of the molecule is O=C(Nc1ccc(Br)cc1)c1cccnc1SCc1ccccc1. The lowest BCUT2D eigenvalue weighted by molar-refractivity contribution is 0.102. The lowest BCUT2D eigenvalue weighted by Gasteiger charge is -2.09. The highest BCUT2D eigenvalue weighted by Gasteiger charge is 2.13. The number of hydrogen-bond donors (Lipinski definition) is 1. The van der Waals surface area contributed by atoms with E-state index in [1.165, 1.54) is 5.56 Å². The number of nitrogens with one attached hydrogen (secondary N) is 1. The Balaban J connectivity index is 1.73. The van der Waals surface area contributed by atoms with E-state index in [1.807, 2.05) is 42.5 Å². The van der Waals surface area contributed by atoms with Gasteiger partial charge in [0.1, 0.15) is 5.03 Å². The summed E-state index contributed by atoms with van der Waals surface area (Å²) >= 11 is 4.95. The molecular formula is C19H15BrN2OS. The number of carbonyl (C=O) groups excluding carboxylic acids is 1. The fourth-order valence-corrected chi connectivity index (χ4v) is 3.35. The molecule has 0 saturated heterocycles. The topological polar surface area (TPSA) is 42.0 Å². The monoisotopic (exact) mass is 398 g/mol. The fourth-order valence-electron chi connectivity index (χ4n) is 2.14. The van der Waals surface area contributed by atoms with E-state index >= 15 is 0 Å². The maximum atomic E-state index is 12.6. The Labute approximate surface area is 153 Å². The van der Waals surface area contributed by atoms with Crippen molar-refractivity contribution in [1.29, 1.82) is 0 Å². The van der Waals surface area contributed by atoms with Gasteiger partial charge >= 0.3 is 0 Å². The second kappa shape index (κ2) is 8.13. The standard InChI is InChI=1S/C19H15BrN2OS/c20-15-8-10-16(11-9-15)22-18(23)17-7-4-12-21-19(17)24-13-14-5-2-1-3-6-14/h1-12H,13H2,(H,22,23). The van der Waals surface area contributed by atoms with Crippen molar-refractivity contribution in [3.05, 3.63) is 88.5 Å². The van der Waals surface area contributed by atoms with Crippen LogP contribution in [0.1, 0.15) is 15.9 Å². The molecule has 24 heavy (non-hydrogen) atoms. The van der Waals surface area contributed by atoms with E-state index in [0.29, 0.717) is 5.56 Å². The van der Waals surface area contributed by atoms with E-state index in [-0.39, 0.29) is 5.91 Å². The molecule has 0 aliphatic heterocycles. The molecule has 0 bridgehead atoms. The Morgan fingerprint density at radius 1 is 1.00 bits per heavy atom. The van der Waals surface area contributed by atoms with Crippen LogP contribution >= 0.6 is 27.7 Å². The summed E-state index contributed by atoms with van der Waals surface area (Å²) in [6.07, 6.45) is 1.71. The molecule has 120 valence electrons. The summed E-state index contributed by atoms with van der Waals surface area (Å²) in [5.74, 6) is 0.622. The number of hydrogen-bond acceptors (Lipinski definition) is 3. The zero-order valence-corrected chi connectivity index (χ0v) is 15.2. The number of anilines is 1. The third-order valence-corrected chi connectivity index (χ3v) is 4.94. The largest absolute Gasteiger partial charge is 0.322 e. The van der Waals surface area contributed by atoms with Gasteiger partial charge < -0.3 is 5.32 Å². The average molecular weight is 399 g/mol. The first-order valence-corrected chi connectivity index (χ1v) is 9.19. The molecule has 0 spiro atoms. The molecule has 0 radical (unpaired) electrons. The first-order valence-electron chi connectivity index (χ1n) is 7.41. The second-order valence-electron chi connectivity index (χ2n) is 5.09. The number of amides is 1. The van der Waals surface area contributed by atoms with Gasteiger partial charge in [-0.3, -0.25) is 4.79 Å². The molecule has 3 nitrogen and oxygen atoms in total. The van der Waals surface area contributed by atoms with Crippen molar-refractivity contribution < 1.29 is 4.79 Å². The summed E-state index contributed by atoms with van der Waals surface area (Å²) < 4.78 is 0.973. The minimum absolute atomic E-state index is 0.152. The molecule has 0 aliphatic carbocycles. The van der Waals surface area contributed by atoms with Crippen LogP contribution < -0.4 is 5.32 Å². The van der Waals surface area contributed by atoms with Crippen LogP contribution in [0.5, 0.6) is 0 Å². The molecule has 5 heteroatoms. The van der Waals surface area contributed by atoms with Crippen molar-refractivity contribution in [1.82, 2.24) is 4.98 Å². The summed E-state index contributed by atoms with van der Waals surface area (Å²) in [7, 11) is 0. The van der Waals surface area contributed by atoms with Gasteiger partial charge in [0, 0.05) is 22.1 Å². The first kappa shape index (κ1) is 16.7. The Hall–Kier alpha value is -2.11. The summed E-state index contributed by atoms with van der Waals surface area (Å²) in [5.41, 5.74) is 2.54. The number of pyridine rings is 1. The Bertz CT molecular complexity index is 822. The number of carbonyl (C=O) groups is 1. The van der Waals surface area contributed by atoms with Gasteiger partial charge in [0.25, 0.3) is 5.91 Å². The van der Waals surface area contributed by atoms with Crippen LogP contribution in [0.15, 0.2) is 82.4 Å². The van der Waals surface area contributed by atoms with Crippen LogP contribution in [0.3, 0.4) is 0 Å². The summed E-state index contributed by atoms with van der Waals surface area (Å²) in [6, 6.07) is 21.2. The van der Waals surface area contributed by atoms with Crippen LogP contribution in [0.4, 0.5) is 5.69 Å². The molecule has 1 aromatic heterocycles. The predicted molar refractivity (Wildman–Crippen MR) is 102 cm³/mol. The highest BCUT2D eigenvalue weighted by Crippen LogP contribution is 2.25. The third-order valence-electron chi connectivity index (χ3n) is 3.34. The van der Waals surface area contributed by atoms with E-state index in [1.54, 1.807) is 30.1 Å². The van der Waals surface area contributed by atoms with E-state index in [0.717, 1.165) is 20.9 Å². The van der Waals surface area contributed by atoms with Gasteiger partial charge in [-0.2, -0.15) is 0 Å². The molecule has 0 atom stereocenters. The highest BCUT2D eigenvalue weighted by molar-refractivity contribution is 9.10. The number of halogens is 1. The quantitative estimate of drug-likeness (QED) is 0.585. The smallest absolute Gasteiger partial charge is 0.258 e. The van der Waals surface area contributed by atoms with Gasteiger partial charge in [-0.15, -0.1) is 11.8 Å². The average Bonchev–Trinajstić information content (AvgIpc) is 2.63. The third kappa shape index (κ3) is 4.46. The van der Waals surface area contributed by atoms with Crippen molar-refractivity contribution in [2.45, 2.75) is 10.8 Å². The van der Waals surface area contributed by atoms with Gasteiger partial charge in [-0.05, 0) is 42.0 Å². The predicted octanol–water partition coefficient (Wildman–Crippen LogP) is 5.39. The van der Waals surface area contributed by atoms with Gasteiger partial charge in [0.05, 0.1) is 5.56 Å². The molecule has 0 aliphatic rings.